The van der Waals surface area contributed by atoms with Gasteiger partial charge in [-0.25, -0.2) is 4.98 Å². The highest BCUT2D eigenvalue weighted by atomic mass is 35.5. The van der Waals surface area contributed by atoms with E-state index in [4.69, 9.17) is 16.6 Å². The first-order valence-electron chi connectivity index (χ1n) is 10.6. The van der Waals surface area contributed by atoms with E-state index < -0.39 is 0 Å². The van der Waals surface area contributed by atoms with E-state index in [0.717, 1.165) is 54.6 Å². The van der Waals surface area contributed by atoms with Gasteiger partial charge in [0.2, 0.25) is 0 Å². The number of nitrogens with zero attached hydrogens (tertiary/aromatic N) is 2. The molecule has 6 rings (SSSR count). The Morgan fingerprint density at radius 1 is 0.875 bits per heavy atom. The van der Waals surface area contributed by atoms with E-state index in [1.165, 1.54) is 0 Å². The number of benzene rings is 3. The van der Waals surface area contributed by atoms with Crippen LogP contribution in [0.15, 0.2) is 85.1 Å². The van der Waals surface area contributed by atoms with E-state index >= 15 is 0 Å². The SMILES string of the molecule is OCc1cc2c3ccccc3n(Cc3ccccc3Cl)c2c(-c2c[nH]c3ccccc23)n1. The topological polar surface area (TPSA) is 53.8 Å². The van der Waals surface area contributed by atoms with Gasteiger partial charge in [-0.2, -0.15) is 0 Å². The number of pyridine rings is 1. The summed E-state index contributed by atoms with van der Waals surface area (Å²) in [7, 11) is 0. The lowest BCUT2D eigenvalue weighted by atomic mass is 10.1. The number of hydrogen-bond donors (Lipinski definition) is 2. The average Bonchev–Trinajstić information content (AvgIpc) is 3.40. The first kappa shape index (κ1) is 19.1. The summed E-state index contributed by atoms with van der Waals surface area (Å²) in [5.74, 6) is 0. The van der Waals surface area contributed by atoms with Gasteiger partial charge in [0.05, 0.1) is 23.5 Å². The maximum absolute atomic E-state index is 9.99. The van der Waals surface area contributed by atoms with E-state index in [0.29, 0.717) is 12.2 Å². The number of halogens is 1. The molecule has 4 nitrogen and oxygen atoms in total. The minimum Gasteiger partial charge on any atom is -0.390 e. The molecule has 0 aliphatic carbocycles. The Morgan fingerprint density at radius 3 is 2.47 bits per heavy atom. The third-order valence-corrected chi connectivity index (χ3v) is 6.46. The number of fused-ring (bicyclic) bond motifs is 4. The number of aromatic nitrogens is 3. The van der Waals surface area contributed by atoms with Crippen molar-refractivity contribution in [3.8, 4) is 11.3 Å². The summed E-state index contributed by atoms with van der Waals surface area (Å²) in [6.07, 6.45) is 2.01. The van der Waals surface area contributed by atoms with Crippen LogP contribution >= 0.6 is 11.6 Å². The smallest absolute Gasteiger partial charge is 0.0971 e. The highest BCUT2D eigenvalue weighted by Gasteiger charge is 2.20. The summed E-state index contributed by atoms with van der Waals surface area (Å²) in [6, 6.07) is 26.5. The van der Waals surface area contributed by atoms with Crippen LogP contribution in [0.4, 0.5) is 0 Å². The van der Waals surface area contributed by atoms with Gasteiger partial charge in [0.25, 0.3) is 0 Å². The molecule has 0 unspecified atom stereocenters. The Morgan fingerprint density at radius 2 is 1.62 bits per heavy atom. The molecule has 0 amide bonds. The number of aliphatic hydroxyl groups excluding tert-OH is 1. The van der Waals surface area contributed by atoms with Crippen molar-refractivity contribution in [2.24, 2.45) is 0 Å². The second-order valence-electron chi connectivity index (χ2n) is 7.96. The van der Waals surface area contributed by atoms with Crippen molar-refractivity contribution < 1.29 is 5.11 Å². The molecule has 0 spiro atoms. The fourth-order valence-corrected chi connectivity index (χ4v) is 4.82. The van der Waals surface area contributed by atoms with Crippen LogP contribution in [-0.2, 0) is 13.2 Å². The number of para-hydroxylation sites is 2. The van der Waals surface area contributed by atoms with Crippen molar-refractivity contribution in [3.05, 3.63) is 101 Å². The van der Waals surface area contributed by atoms with Crippen molar-refractivity contribution in [1.82, 2.24) is 14.5 Å². The monoisotopic (exact) mass is 437 g/mol. The van der Waals surface area contributed by atoms with E-state index in [2.05, 4.69) is 45.9 Å². The molecule has 0 aliphatic rings. The van der Waals surface area contributed by atoms with E-state index in [9.17, 15) is 5.11 Å². The predicted octanol–water partition coefficient (Wildman–Crippen LogP) is 6.53. The van der Waals surface area contributed by atoms with Gasteiger partial charge in [-0.05, 0) is 29.8 Å². The summed E-state index contributed by atoms with van der Waals surface area (Å²) in [6.45, 7) is 0.508. The van der Waals surface area contributed by atoms with Crippen molar-refractivity contribution in [2.75, 3.05) is 0 Å². The lowest BCUT2D eigenvalue weighted by molar-refractivity contribution is 0.277. The van der Waals surface area contributed by atoms with E-state index in [1.54, 1.807) is 0 Å². The number of nitrogens with one attached hydrogen (secondary N) is 1. The second-order valence-corrected chi connectivity index (χ2v) is 8.37. The molecule has 3 aromatic carbocycles. The molecule has 0 saturated heterocycles. The minimum absolute atomic E-state index is 0.116. The number of H-pyrrole nitrogens is 1. The Bertz CT molecular complexity index is 1610. The Balaban J connectivity index is 1.74. The van der Waals surface area contributed by atoms with E-state index in [1.807, 2.05) is 48.7 Å². The van der Waals surface area contributed by atoms with Crippen LogP contribution in [0.3, 0.4) is 0 Å². The highest BCUT2D eigenvalue weighted by Crippen LogP contribution is 2.38. The lowest BCUT2D eigenvalue weighted by Crippen LogP contribution is -2.03. The van der Waals surface area contributed by atoms with Gasteiger partial charge in [0.1, 0.15) is 0 Å². The quantitative estimate of drug-likeness (QED) is 0.329. The summed E-state index contributed by atoms with van der Waals surface area (Å²) in [5.41, 5.74) is 6.77. The largest absolute Gasteiger partial charge is 0.390 e. The fraction of sp³-hybridized carbons (Fsp3) is 0.0741. The van der Waals surface area contributed by atoms with Crippen LogP contribution < -0.4 is 0 Å². The van der Waals surface area contributed by atoms with Crippen LogP contribution in [0.1, 0.15) is 11.3 Å². The van der Waals surface area contributed by atoms with Crippen molar-refractivity contribution in [1.29, 1.82) is 0 Å². The second kappa shape index (κ2) is 7.52. The van der Waals surface area contributed by atoms with Gasteiger partial charge in [0.15, 0.2) is 0 Å². The molecule has 0 atom stereocenters. The van der Waals surface area contributed by atoms with Crippen LogP contribution in [-0.4, -0.2) is 19.6 Å². The summed E-state index contributed by atoms with van der Waals surface area (Å²) < 4.78 is 2.29. The normalized spacial score (nSPS) is 11.7. The lowest BCUT2D eigenvalue weighted by Gasteiger charge is -2.12. The standard InChI is InChI=1S/C27H20ClN3O/c28-23-10-4-1-7-17(23)15-31-25-12-6-3-9-20(25)21-13-18(16-32)30-26(27(21)31)22-14-29-24-11-5-2-8-19(22)24/h1-14,29,32H,15-16H2. The Labute approximate surface area is 189 Å². The number of aromatic amines is 1. The molecule has 2 N–H and O–H groups in total. The zero-order chi connectivity index (χ0) is 21.7. The third kappa shape index (κ3) is 2.92. The molecule has 5 heteroatoms. The number of rotatable bonds is 4. The molecule has 32 heavy (non-hydrogen) atoms. The molecule has 0 aliphatic heterocycles. The first-order valence-corrected chi connectivity index (χ1v) is 10.9. The van der Waals surface area contributed by atoms with Crippen LogP contribution in [0, 0.1) is 0 Å². The molecule has 3 aromatic heterocycles. The van der Waals surface area contributed by atoms with Gasteiger partial charge in [-0.1, -0.05) is 66.2 Å². The van der Waals surface area contributed by atoms with Gasteiger partial charge in [0, 0.05) is 50.5 Å². The first-order chi connectivity index (χ1) is 15.7. The number of aliphatic hydroxyl groups is 1. The molecular formula is C27H20ClN3O. The zero-order valence-corrected chi connectivity index (χ0v) is 18.0. The van der Waals surface area contributed by atoms with Crippen molar-refractivity contribution in [3.63, 3.8) is 0 Å². The predicted molar refractivity (Wildman–Crippen MR) is 131 cm³/mol. The van der Waals surface area contributed by atoms with Gasteiger partial charge >= 0.3 is 0 Å². The Kier molecular flexibility index (Phi) is 4.49. The van der Waals surface area contributed by atoms with Crippen molar-refractivity contribution >= 4 is 44.3 Å². The molecule has 3 heterocycles. The Hall–Kier alpha value is -3.60. The molecule has 156 valence electrons. The molecule has 0 radical (unpaired) electrons. The highest BCUT2D eigenvalue weighted by molar-refractivity contribution is 6.31. The summed E-state index contributed by atoms with van der Waals surface area (Å²) in [4.78, 5) is 8.28. The van der Waals surface area contributed by atoms with Gasteiger partial charge < -0.3 is 14.7 Å². The van der Waals surface area contributed by atoms with Gasteiger partial charge in [-0.3, -0.25) is 0 Å². The fourth-order valence-electron chi connectivity index (χ4n) is 4.62. The molecule has 0 fully saturated rings. The summed E-state index contributed by atoms with van der Waals surface area (Å²) >= 11 is 6.54. The number of hydrogen-bond acceptors (Lipinski definition) is 2. The molecule has 0 saturated carbocycles. The van der Waals surface area contributed by atoms with Crippen LogP contribution in [0.5, 0.6) is 0 Å². The average molecular weight is 438 g/mol. The maximum Gasteiger partial charge on any atom is 0.0971 e. The van der Waals surface area contributed by atoms with Crippen LogP contribution in [0.2, 0.25) is 5.02 Å². The molecular weight excluding hydrogens is 418 g/mol. The minimum atomic E-state index is -0.116. The molecule has 6 aromatic rings. The maximum atomic E-state index is 9.99. The van der Waals surface area contributed by atoms with Crippen molar-refractivity contribution in [2.45, 2.75) is 13.2 Å². The van der Waals surface area contributed by atoms with Crippen LogP contribution in [0.25, 0.3) is 44.0 Å². The third-order valence-electron chi connectivity index (χ3n) is 6.09. The van der Waals surface area contributed by atoms with E-state index in [-0.39, 0.29) is 6.61 Å². The van der Waals surface area contributed by atoms with Gasteiger partial charge in [-0.15, -0.1) is 0 Å². The zero-order valence-electron chi connectivity index (χ0n) is 17.2. The summed E-state index contributed by atoms with van der Waals surface area (Å²) in [5, 5.41) is 14.0. The molecule has 0 bridgehead atoms.